The van der Waals surface area contributed by atoms with Crippen molar-refractivity contribution in [2.24, 2.45) is 5.92 Å². The van der Waals surface area contributed by atoms with E-state index in [2.05, 4.69) is 20.9 Å². The number of nitrogens with one attached hydrogen (secondary N) is 3. The minimum atomic E-state index is -1.00. The predicted molar refractivity (Wildman–Crippen MR) is 173 cm³/mol. The first kappa shape index (κ1) is 33.5. The first-order valence-electron chi connectivity index (χ1n) is 15.6. The van der Waals surface area contributed by atoms with Crippen LogP contribution in [0.3, 0.4) is 0 Å². The number of nitrogens with zero attached hydrogens (tertiary/aromatic N) is 2. The molecule has 1 aliphatic rings. The van der Waals surface area contributed by atoms with E-state index in [1.165, 1.54) is 0 Å². The molecule has 0 saturated carbocycles. The second kappa shape index (κ2) is 16.0. The Balaban J connectivity index is 1.52. The van der Waals surface area contributed by atoms with Gasteiger partial charge < -0.3 is 30.7 Å². The second-order valence-corrected chi connectivity index (χ2v) is 12.0. The summed E-state index contributed by atoms with van der Waals surface area (Å²) in [6.07, 6.45) is 1.72. The van der Waals surface area contributed by atoms with Crippen molar-refractivity contribution in [3.05, 3.63) is 95.3 Å². The zero-order chi connectivity index (χ0) is 32.3. The van der Waals surface area contributed by atoms with Crippen LogP contribution in [0.4, 0.5) is 4.79 Å². The number of hydrogen-bond acceptors (Lipinski definition) is 6. The number of hydrogen-bond donors (Lipinski definition) is 4. The zero-order valence-electron chi connectivity index (χ0n) is 26.5. The Morgan fingerprint density at radius 2 is 1.62 bits per heavy atom. The Bertz CT molecular complexity index is 1400. The number of amides is 4. The average molecular weight is 616 g/mol. The minimum Gasteiger partial charge on any atom is -0.482 e. The lowest BCUT2D eigenvalue weighted by Gasteiger charge is -2.32. The van der Waals surface area contributed by atoms with Gasteiger partial charge in [0, 0.05) is 25.3 Å². The van der Waals surface area contributed by atoms with E-state index in [1.54, 1.807) is 11.1 Å². The Morgan fingerprint density at radius 1 is 0.978 bits per heavy atom. The van der Waals surface area contributed by atoms with Gasteiger partial charge in [-0.1, -0.05) is 74.5 Å². The van der Waals surface area contributed by atoms with E-state index in [0.29, 0.717) is 37.4 Å². The fourth-order valence-corrected chi connectivity index (χ4v) is 5.83. The van der Waals surface area contributed by atoms with Crippen LogP contribution in [0.1, 0.15) is 42.7 Å². The summed E-state index contributed by atoms with van der Waals surface area (Å²) in [5.74, 6) is -0.200. The van der Waals surface area contributed by atoms with E-state index in [4.69, 9.17) is 4.74 Å². The summed E-state index contributed by atoms with van der Waals surface area (Å²) >= 11 is 0. The van der Waals surface area contributed by atoms with Gasteiger partial charge in [-0.05, 0) is 61.8 Å². The van der Waals surface area contributed by atoms with Crippen molar-refractivity contribution in [3.8, 4) is 5.75 Å². The fraction of sp³-hybridized carbons (Fsp3) is 0.429. The van der Waals surface area contributed by atoms with Crippen LogP contribution in [0.2, 0.25) is 0 Å². The first-order valence-corrected chi connectivity index (χ1v) is 15.6. The Hall–Kier alpha value is -4.44. The Kier molecular flexibility index (Phi) is 11.9. The molecular weight excluding hydrogens is 570 g/mol. The van der Waals surface area contributed by atoms with Gasteiger partial charge in [0.1, 0.15) is 11.8 Å². The molecular formula is C35H45N5O5. The number of pyridine rings is 1. The number of carbonyl (C=O) groups is 3. The normalized spacial score (nSPS) is 15.6. The number of benzene rings is 2. The molecule has 2 heterocycles. The first-order chi connectivity index (χ1) is 21.6. The predicted octanol–water partition coefficient (Wildman–Crippen LogP) is 3.33. The van der Waals surface area contributed by atoms with E-state index in [9.17, 15) is 19.5 Å². The van der Waals surface area contributed by atoms with Crippen molar-refractivity contribution in [1.29, 1.82) is 0 Å². The number of aryl methyl sites for hydroxylation is 2. The molecule has 1 fully saturated rings. The molecule has 0 bridgehead atoms. The van der Waals surface area contributed by atoms with Crippen LogP contribution >= 0.6 is 0 Å². The summed E-state index contributed by atoms with van der Waals surface area (Å²) in [5.41, 5.74) is 3.51. The number of aromatic nitrogens is 1. The summed E-state index contributed by atoms with van der Waals surface area (Å²) in [6, 6.07) is 19.2. The SMILES string of the molecule is Cc1ccnc(C)c1OCC(=O)N[C@@H](Cc1ccccc1)[C@@H](O)C[C@H](Cc1ccccc1)NC(=O)[C@H](C(C)C)N1CCNC1=O. The second-order valence-electron chi connectivity index (χ2n) is 12.0. The smallest absolute Gasteiger partial charge is 0.318 e. The standard InChI is InChI=1S/C35H45N5O5/c1-23(2)32(40-18-17-37-35(40)44)34(43)38-28(19-26-11-7-5-8-12-26)21-30(41)29(20-27-13-9-6-10-14-27)39-31(42)22-45-33-24(3)15-16-36-25(33)4/h5-16,23,28-30,32,41H,17-22H2,1-4H3,(H,37,44)(H,38,43)(H,39,42)/t28-,29-,30-,32-/m0/s1. The highest BCUT2D eigenvalue weighted by Gasteiger charge is 2.36. The Morgan fingerprint density at radius 3 is 2.20 bits per heavy atom. The van der Waals surface area contributed by atoms with Gasteiger partial charge in [-0.15, -0.1) is 0 Å². The summed E-state index contributed by atoms with van der Waals surface area (Å²) < 4.78 is 5.83. The van der Waals surface area contributed by atoms with Gasteiger partial charge in [0.25, 0.3) is 5.91 Å². The van der Waals surface area contributed by atoms with Crippen LogP contribution in [-0.2, 0) is 22.4 Å². The van der Waals surface area contributed by atoms with E-state index in [0.717, 1.165) is 16.7 Å². The average Bonchev–Trinajstić information content (AvgIpc) is 3.42. The molecule has 2 aromatic carbocycles. The molecule has 1 saturated heterocycles. The molecule has 0 radical (unpaired) electrons. The molecule has 1 aliphatic heterocycles. The highest BCUT2D eigenvalue weighted by atomic mass is 16.5. The van der Waals surface area contributed by atoms with Crippen LogP contribution < -0.4 is 20.7 Å². The van der Waals surface area contributed by atoms with Gasteiger partial charge in [0.05, 0.1) is 17.8 Å². The topological polar surface area (TPSA) is 133 Å². The molecule has 4 N–H and O–H groups in total. The lowest BCUT2D eigenvalue weighted by atomic mass is 9.93. The lowest BCUT2D eigenvalue weighted by molar-refractivity contribution is -0.128. The highest BCUT2D eigenvalue weighted by Crippen LogP contribution is 2.21. The maximum atomic E-state index is 13.7. The molecule has 10 heteroatoms. The van der Waals surface area contributed by atoms with Gasteiger partial charge in [0.2, 0.25) is 5.91 Å². The molecule has 4 rings (SSSR count). The number of carbonyl (C=O) groups excluding carboxylic acids is 3. The largest absolute Gasteiger partial charge is 0.482 e. The third-order valence-corrected chi connectivity index (χ3v) is 8.06. The van der Waals surface area contributed by atoms with Crippen molar-refractivity contribution >= 4 is 17.8 Å². The monoisotopic (exact) mass is 615 g/mol. The quantitative estimate of drug-likeness (QED) is 0.207. The molecule has 0 aliphatic carbocycles. The van der Waals surface area contributed by atoms with Crippen LogP contribution in [-0.4, -0.2) is 76.8 Å². The lowest BCUT2D eigenvalue weighted by Crippen LogP contribution is -2.55. The van der Waals surface area contributed by atoms with Crippen LogP contribution in [0.5, 0.6) is 5.75 Å². The van der Waals surface area contributed by atoms with Gasteiger partial charge in [-0.25, -0.2) is 4.79 Å². The number of ether oxygens (including phenoxy) is 1. The zero-order valence-corrected chi connectivity index (χ0v) is 26.5. The number of rotatable bonds is 15. The van der Waals surface area contributed by atoms with E-state index < -0.39 is 24.2 Å². The summed E-state index contributed by atoms with van der Waals surface area (Å²) in [4.78, 5) is 45.2. The van der Waals surface area contributed by atoms with Crippen LogP contribution in [0.15, 0.2) is 72.9 Å². The molecule has 4 amide bonds. The van der Waals surface area contributed by atoms with Gasteiger partial charge in [0.15, 0.2) is 6.61 Å². The van der Waals surface area contributed by atoms with Crippen molar-refractivity contribution in [1.82, 2.24) is 25.8 Å². The molecule has 0 unspecified atom stereocenters. The van der Waals surface area contributed by atoms with Crippen LogP contribution in [0, 0.1) is 19.8 Å². The van der Waals surface area contributed by atoms with Crippen LogP contribution in [0.25, 0.3) is 0 Å². The molecule has 10 nitrogen and oxygen atoms in total. The summed E-state index contributed by atoms with van der Waals surface area (Å²) in [7, 11) is 0. The molecule has 3 aromatic rings. The molecule has 45 heavy (non-hydrogen) atoms. The summed E-state index contributed by atoms with van der Waals surface area (Å²) in [6.45, 7) is 8.26. The van der Waals surface area contributed by atoms with Crippen molar-refractivity contribution in [2.75, 3.05) is 19.7 Å². The number of aliphatic hydroxyl groups excluding tert-OH is 1. The molecule has 240 valence electrons. The van der Waals surface area contributed by atoms with Crippen molar-refractivity contribution in [3.63, 3.8) is 0 Å². The van der Waals surface area contributed by atoms with Gasteiger partial charge in [-0.3, -0.25) is 14.6 Å². The Labute approximate surface area is 265 Å². The van der Waals surface area contributed by atoms with E-state index in [-0.39, 0.29) is 36.8 Å². The molecule has 1 aromatic heterocycles. The highest BCUT2D eigenvalue weighted by molar-refractivity contribution is 5.88. The maximum Gasteiger partial charge on any atom is 0.318 e. The van der Waals surface area contributed by atoms with Crippen molar-refractivity contribution in [2.45, 2.75) is 71.2 Å². The minimum absolute atomic E-state index is 0.117. The van der Waals surface area contributed by atoms with E-state index >= 15 is 0 Å². The third kappa shape index (κ3) is 9.52. The summed E-state index contributed by atoms with van der Waals surface area (Å²) in [5, 5.41) is 20.6. The van der Waals surface area contributed by atoms with Gasteiger partial charge >= 0.3 is 6.03 Å². The van der Waals surface area contributed by atoms with E-state index in [1.807, 2.05) is 94.4 Å². The van der Waals surface area contributed by atoms with Gasteiger partial charge in [-0.2, -0.15) is 0 Å². The van der Waals surface area contributed by atoms with Crippen molar-refractivity contribution < 1.29 is 24.2 Å². The number of urea groups is 1. The fourth-order valence-electron chi connectivity index (χ4n) is 5.83. The molecule has 4 atom stereocenters. The molecule has 0 spiro atoms. The third-order valence-electron chi connectivity index (χ3n) is 8.06. The number of aliphatic hydroxyl groups is 1. The maximum absolute atomic E-state index is 13.7.